The molecule has 1 aromatic rings. The van der Waals surface area contributed by atoms with Gasteiger partial charge in [0, 0.05) is 6.54 Å². The minimum Gasteiger partial charge on any atom is -0.494 e. The SMILES string of the molecule is CCCCCNCc1cccc(OCCC)c1. The van der Waals surface area contributed by atoms with Gasteiger partial charge in [-0.05, 0) is 37.1 Å². The Balaban J connectivity index is 2.27. The van der Waals surface area contributed by atoms with E-state index in [1.807, 2.05) is 6.07 Å². The largest absolute Gasteiger partial charge is 0.494 e. The van der Waals surface area contributed by atoms with Gasteiger partial charge in [-0.3, -0.25) is 0 Å². The van der Waals surface area contributed by atoms with Crippen LogP contribution >= 0.6 is 0 Å². The van der Waals surface area contributed by atoms with Gasteiger partial charge in [0.1, 0.15) is 5.75 Å². The lowest BCUT2D eigenvalue weighted by Crippen LogP contribution is -2.14. The Morgan fingerprint density at radius 1 is 1.12 bits per heavy atom. The van der Waals surface area contributed by atoms with E-state index in [4.69, 9.17) is 4.74 Å². The van der Waals surface area contributed by atoms with Gasteiger partial charge in [-0.2, -0.15) is 0 Å². The predicted octanol–water partition coefficient (Wildman–Crippen LogP) is 3.76. The molecule has 0 amide bonds. The molecule has 96 valence electrons. The van der Waals surface area contributed by atoms with Crippen LogP contribution in [0.3, 0.4) is 0 Å². The van der Waals surface area contributed by atoms with Gasteiger partial charge in [-0.1, -0.05) is 38.8 Å². The summed E-state index contributed by atoms with van der Waals surface area (Å²) in [4.78, 5) is 0. The van der Waals surface area contributed by atoms with Gasteiger partial charge in [-0.15, -0.1) is 0 Å². The Kier molecular flexibility index (Phi) is 7.48. The van der Waals surface area contributed by atoms with Crippen molar-refractivity contribution in [1.29, 1.82) is 0 Å². The lowest BCUT2D eigenvalue weighted by atomic mass is 10.2. The van der Waals surface area contributed by atoms with E-state index in [1.54, 1.807) is 0 Å². The smallest absolute Gasteiger partial charge is 0.119 e. The highest BCUT2D eigenvalue weighted by Crippen LogP contribution is 2.13. The molecule has 2 nitrogen and oxygen atoms in total. The average Bonchev–Trinajstić information content (AvgIpc) is 2.37. The van der Waals surface area contributed by atoms with E-state index in [2.05, 4.69) is 37.4 Å². The molecular formula is C15H25NO. The monoisotopic (exact) mass is 235 g/mol. The molecule has 0 radical (unpaired) electrons. The van der Waals surface area contributed by atoms with Crippen LogP contribution in [0.4, 0.5) is 0 Å². The van der Waals surface area contributed by atoms with Crippen LogP contribution in [0.25, 0.3) is 0 Å². The lowest BCUT2D eigenvalue weighted by Gasteiger charge is -2.08. The van der Waals surface area contributed by atoms with Crippen molar-refractivity contribution in [3.8, 4) is 5.75 Å². The van der Waals surface area contributed by atoms with Crippen molar-refractivity contribution in [1.82, 2.24) is 5.32 Å². The van der Waals surface area contributed by atoms with Gasteiger partial charge in [0.05, 0.1) is 6.61 Å². The van der Waals surface area contributed by atoms with E-state index in [1.165, 1.54) is 24.8 Å². The van der Waals surface area contributed by atoms with Crippen LogP contribution in [0.5, 0.6) is 5.75 Å². The van der Waals surface area contributed by atoms with Crippen molar-refractivity contribution in [3.05, 3.63) is 29.8 Å². The minimum atomic E-state index is 0.799. The van der Waals surface area contributed by atoms with Crippen LogP contribution in [-0.2, 0) is 6.54 Å². The molecule has 1 aromatic carbocycles. The number of ether oxygens (including phenoxy) is 1. The lowest BCUT2D eigenvalue weighted by molar-refractivity contribution is 0.317. The molecular weight excluding hydrogens is 210 g/mol. The molecule has 0 bridgehead atoms. The third-order valence-corrected chi connectivity index (χ3v) is 2.66. The molecule has 0 aliphatic rings. The predicted molar refractivity (Wildman–Crippen MR) is 73.5 cm³/mol. The van der Waals surface area contributed by atoms with E-state index in [0.717, 1.165) is 31.9 Å². The summed E-state index contributed by atoms with van der Waals surface area (Å²) in [6, 6.07) is 8.36. The first-order chi connectivity index (χ1) is 8.36. The van der Waals surface area contributed by atoms with Crippen molar-refractivity contribution >= 4 is 0 Å². The summed E-state index contributed by atoms with van der Waals surface area (Å²) < 4.78 is 5.61. The van der Waals surface area contributed by atoms with E-state index >= 15 is 0 Å². The third kappa shape index (κ3) is 6.32. The Hall–Kier alpha value is -1.02. The van der Waals surface area contributed by atoms with Crippen LogP contribution in [0.1, 0.15) is 45.1 Å². The van der Waals surface area contributed by atoms with Crippen LogP contribution in [0.2, 0.25) is 0 Å². The zero-order chi connectivity index (χ0) is 12.3. The fourth-order valence-electron chi connectivity index (χ4n) is 1.70. The second-order valence-electron chi connectivity index (χ2n) is 4.38. The molecule has 0 saturated heterocycles. The van der Waals surface area contributed by atoms with Gasteiger partial charge in [-0.25, -0.2) is 0 Å². The summed E-state index contributed by atoms with van der Waals surface area (Å²) in [6.45, 7) is 7.20. The molecule has 0 heterocycles. The summed E-state index contributed by atoms with van der Waals surface area (Å²) >= 11 is 0. The Morgan fingerprint density at radius 2 is 2.00 bits per heavy atom. The highest BCUT2D eigenvalue weighted by Gasteiger charge is 1.96. The molecule has 0 atom stereocenters. The zero-order valence-electron chi connectivity index (χ0n) is 11.2. The maximum Gasteiger partial charge on any atom is 0.119 e. The maximum absolute atomic E-state index is 5.61. The zero-order valence-corrected chi connectivity index (χ0v) is 11.2. The van der Waals surface area contributed by atoms with Gasteiger partial charge < -0.3 is 10.1 Å². The van der Waals surface area contributed by atoms with Crippen LogP contribution in [-0.4, -0.2) is 13.2 Å². The van der Waals surface area contributed by atoms with E-state index in [-0.39, 0.29) is 0 Å². The van der Waals surface area contributed by atoms with Gasteiger partial charge in [0.15, 0.2) is 0 Å². The van der Waals surface area contributed by atoms with Crippen molar-refractivity contribution in [2.75, 3.05) is 13.2 Å². The summed E-state index contributed by atoms with van der Waals surface area (Å²) in [7, 11) is 0. The Bertz CT molecular complexity index is 299. The van der Waals surface area contributed by atoms with Crippen LogP contribution in [0, 0.1) is 0 Å². The maximum atomic E-state index is 5.61. The first-order valence-electron chi connectivity index (χ1n) is 6.79. The van der Waals surface area contributed by atoms with Crippen molar-refractivity contribution in [2.24, 2.45) is 0 Å². The molecule has 1 rings (SSSR count). The quantitative estimate of drug-likeness (QED) is 0.658. The second-order valence-corrected chi connectivity index (χ2v) is 4.38. The molecule has 0 fully saturated rings. The van der Waals surface area contributed by atoms with E-state index in [9.17, 15) is 0 Å². The molecule has 0 saturated carbocycles. The van der Waals surface area contributed by atoms with Gasteiger partial charge in [0.2, 0.25) is 0 Å². The number of nitrogens with one attached hydrogen (secondary N) is 1. The molecule has 1 N–H and O–H groups in total. The summed E-state index contributed by atoms with van der Waals surface area (Å²) in [5.41, 5.74) is 1.30. The second kappa shape index (κ2) is 9.06. The Labute approximate surface area is 105 Å². The number of rotatable bonds is 9. The Morgan fingerprint density at radius 3 is 2.76 bits per heavy atom. The summed E-state index contributed by atoms with van der Waals surface area (Å²) in [5.74, 6) is 0.986. The van der Waals surface area contributed by atoms with Crippen molar-refractivity contribution in [3.63, 3.8) is 0 Å². The molecule has 0 spiro atoms. The van der Waals surface area contributed by atoms with Crippen LogP contribution in [0.15, 0.2) is 24.3 Å². The first kappa shape index (κ1) is 14.0. The highest BCUT2D eigenvalue weighted by atomic mass is 16.5. The average molecular weight is 235 g/mol. The fourth-order valence-corrected chi connectivity index (χ4v) is 1.70. The topological polar surface area (TPSA) is 21.3 Å². The van der Waals surface area contributed by atoms with E-state index in [0.29, 0.717) is 0 Å². The van der Waals surface area contributed by atoms with Crippen LogP contribution < -0.4 is 10.1 Å². The summed E-state index contributed by atoms with van der Waals surface area (Å²) in [5, 5.41) is 3.46. The number of hydrogen-bond donors (Lipinski definition) is 1. The van der Waals surface area contributed by atoms with Gasteiger partial charge >= 0.3 is 0 Å². The highest BCUT2D eigenvalue weighted by molar-refractivity contribution is 5.28. The molecule has 2 heteroatoms. The third-order valence-electron chi connectivity index (χ3n) is 2.66. The number of benzene rings is 1. The van der Waals surface area contributed by atoms with E-state index < -0.39 is 0 Å². The standard InChI is InChI=1S/C15H25NO/c1-3-5-6-10-16-13-14-8-7-9-15(12-14)17-11-4-2/h7-9,12,16H,3-6,10-11,13H2,1-2H3. The van der Waals surface area contributed by atoms with Crippen molar-refractivity contribution < 1.29 is 4.74 Å². The first-order valence-corrected chi connectivity index (χ1v) is 6.79. The number of unbranched alkanes of at least 4 members (excludes halogenated alkanes) is 2. The molecule has 0 aromatic heterocycles. The normalized spacial score (nSPS) is 10.5. The van der Waals surface area contributed by atoms with Gasteiger partial charge in [0.25, 0.3) is 0 Å². The molecule has 0 unspecified atom stereocenters. The minimum absolute atomic E-state index is 0.799. The fraction of sp³-hybridized carbons (Fsp3) is 0.600. The molecule has 0 aliphatic heterocycles. The summed E-state index contributed by atoms with van der Waals surface area (Å²) in [6.07, 6.45) is 4.91. The molecule has 0 aliphatic carbocycles. The van der Waals surface area contributed by atoms with Crippen molar-refractivity contribution in [2.45, 2.75) is 46.1 Å². The molecule has 17 heavy (non-hydrogen) atoms. The number of hydrogen-bond acceptors (Lipinski definition) is 2.